The van der Waals surface area contributed by atoms with Crippen LogP contribution < -0.4 is 4.90 Å². The summed E-state index contributed by atoms with van der Waals surface area (Å²) in [6.45, 7) is 3.61. The SMILES string of the molecule is Cc1cc(N(C)CCN(C)C)ccc1[N+](=O)[O-]. The molecule has 0 radical (unpaired) electrons. The number of hydrogen-bond donors (Lipinski definition) is 0. The van der Waals surface area contributed by atoms with Crippen LogP contribution in [-0.4, -0.2) is 44.1 Å². The van der Waals surface area contributed by atoms with Crippen LogP contribution in [0.15, 0.2) is 18.2 Å². The Kier molecular flexibility index (Phi) is 4.45. The Balaban J connectivity index is 2.79. The number of nitro groups is 1. The van der Waals surface area contributed by atoms with Gasteiger partial charge in [-0.15, -0.1) is 0 Å². The molecule has 0 saturated heterocycles. The molecule has 0 saturated carbocycles. The minimum atomic E-state index is -0.348. The summed E-state index contributed by atoms with van der Waals surface area (Å²) < 4.78 is 0. The fourth-order valence-corrected chi connectivity index (χ4v) is 1.56. The van der Waals surface area contributed by atoms with Crippen LogP contribution in [0, 0.1) is 17.0 Å². The van der Waals surface area contributed by atoms with E-state index in [-0.39, 0.29) is 10.6 Å². The lowest BCUT2D eigenvalue weighted by atomic mass is 10.1. The predicted molar refractivity (Wildman–Crippen MR) is 69.7 cm³/mol. The molecule has 0 heterocycles. The zero-order valence-electron chi connectivity index (χ0n) is 10.8. The molecular formula is C12H19N3O2. The number of rotatable bonds is 5. The molecule has 17 heavy (non-hydrogen) atoms. The first-order chi connectivity index (χ1) is 7.91. The van der Waals surface area contributed by atoms with Gasteiger partial charge in [0.25, 0.3) is 5.69 Å². The predicted octanol–water partition coefficient (Wildman–Crippen LogP) is 1.90. The Hall–Kier alpha value is -1.62. The van der Waals surface area contributed by atoms with Crippen LogP contribution in [0.25, 0.3) is 0 Å². The molecule has 0 spiro atoms. The third kappa shape index (κ3) is 3.71. The molecule has 0 aliphatic rings. The number of benzene rings is 1. The number of nitro benzene ring substituents is 1. The molecule has 0 unspecified atom stereocenters. The van der Waals surface area contributed by atoms with Gasteiger partial charge in [-0.25, -0.2) is 0 Å². The molecular weight excluding hydrogens is 218 g/mol. The molecule has 0 atom stereocenters. The number of aryl methyl sites for hydroxylation is 1. The van der Waals surface area contributed by atoms with Crippen molar-refractivity contribution >= 4 is 11.4 Å². The van der Waals surface area contributed by atoms with E-state index in [4.69, 9.17) is 0 Å². The molecule has 0 bridgehead atoms. The molecule has 94 valence electrons. The summed E-state index contributed by atoms with van der Waals surface area (Å²) in [4.78, 5) is 14.6. The molecule has 0 amide bonds. The van der Waals surface area contributed by atoms with Gasteiger partial charge in [0.05, 0.1) is 4.92 Å². The van der Waals surface area contributed by atoms with E-state index in [0.717, 1.165) is 18.8 Å². The molecule has 1 rings (SSSR count). The van der Waals surface area contributed by atoms with Crippen molar-refractivity contribution in [2.75, 3.05) is 39.1 Å². The smallest absolute Gasteiger partial charge is 0.272 e. The van der Waals surface area contributed by atoms with Crippen LogP contribution in [0.3, 0.4) is 0 Å². The van der Waals surface area contributed by atoms with Crippen molar-refractivity contribution < 1.29 is 4.92 Å². The molecule has 0 fully saturated rings. The summed E-state index contributed by atoms with van der Waals surface area (Å²) in [6.07, 6.45) is 0. The van der Waals surface area contributed by atoms with Crippen molar-refractivity contribution in [2.45, 2.75) is 6.92 Å². The van der Waals surface area contributed by atoms with Crippen molar-refractivity contribution in [3.8, 4) is 0 Å². The van der Waals surface area contributed by atoms with Crippen molar-refractivity contribution in [3.63, 3.8) is 0 Å². The monoisotopic (exact) mass is 237 g/mol. The summed E-state index contributed by atoms with van der Waals surface area (Å²) >= 11 is 0. The topological polar surface area (TPSA) is 49.6 Å². The van der Waals surface area contributed by atoms with Crippen molar-refractivity contribution in [2.24, 2.45) is 0 Å². The molecule has 1 aromatic rings. The van der Waals surface area contributed by atoms with E-state index in [1.807, 2.05) is 27.2 Å². The van der Waals surface area contributed by atoms with E-state index < -0.39 is 0 Å². The fraction of sp³-hybridized carbons (Fsp3) is 0.500. The highest BCUT2D eigenvalue weighted by Gasteiger charge is 2.11. The van der Waals surface area contributed by atoms with Crippen LogP contribution in [0.5, 0.6) is 0 Å². The van der Waals surface area contributed by atoms with Gasteiger partial charge in [0.2, 0.25) is 0 Å². The highest BCUT2D eigenvalue weighted by atomic mass is 16.6. The lowest BCUT2D eigenvalue weighted by molar-refractivity contribution is -0.385. The fourth-order valence-electron chi connectivity index (χ4n) is 1.56. The van der Waals surface area contributed by atoms with E-state index in [9.17, 15) is 10.1 Å². The Morgan fingerprint density at radius 3 is 2.35 bits per heavy atom. The maximum Gasteiger partial charge on any atom is 0.272 e. The Labute approximate surface area is 102 Å². The largest absolute Gasteiger partial charge is 0.373 e. The second kappa shape index (κ2) is 5.63. The summed E-state index contributed by atoms with van der Waals surface area (Å²) in [5.74, 6) is 0. The van der Waals surface area contributed by atoms with Gasteiger partial charge in [-0.05, 0) is 33.2 Å². The van der Waals surface area contributed by atoms with Crippen molar-refractivity contribution in [1.82, 2.24) is 4.90 Å². The first-order valence-electron chi connectivity index (χ1n) is 5.52. The quantitative estimate of drug-likeness (QED) is 0.579. The molecule has 0 aromatic heterocycles. The third-order valence-corrected chi connectivity index (χ3v) is 2.70. The first-order valence-corrected chi connectivity index (χ1v) is 5.52. The average molecular weight is 237 g/mol. The molecule has 0 aliphatic heterocycles. The Bertz CT molecular complexity index is 405. The minimum absolute atomic E-state index is 0.176. The summed E-state index contributed by atoms with van der Waals surface area (Å²) in [6, 6.07) is 5.21. The van der Waals surface area contributed by atoms with Crippen LogP contribution in [0.4, 0.5) is 11.4 Å². The zero-order chi connectivity index (χ0) is 13.0. The van der Waals surface area contributed by atoms with Crippen molar-refractivity contribution in [3.05, 3.63) is 33.9 Å². The Morgan fingerprint density at radius 1 is 1.24 bits per heavy atom. The highest BCUT2D eigenvalue weighted by molar-refractivity contribution is 5.54. The first kappa shape index (κ1) is 13.4. The molecule has 1 aromatic carbocycles. The molecule has 0 aliphatic carbocycles. The van der Waals surface area contributed by atoms with Crippen molar-refractivity contribution in [1.29, 1.82) is 0 Å². The van der Waals surface area contributed by atoms with Gasteiger partial charge >= 0.3 is 0 Å². The van der Waals surface area contributed by atoms with E-state index in [2.05, 4.69) is 9.80 Å². The van der Waals surface area contributed by atoms with Gasteiger partial charge in [-0.3, -0.25) is 10.1 Å². The third-order valence-electron chi connectivity index (χ3n) is 2.70. The molecule has 5 heteroatoms. The maximum atomic E-state index is 10.7. The van der Waals surface area contributed by atoms with E-state index in [0.29, 0.717) is 5.56 Å². The van der Waals surface area contributed by atoms with Gasteiger partial charge < -0.3 is 9.80 Å². The van der Waals surface area contributed by atoms with Gasteiger partial charge in [-0.2, -0.15) is 0 Å². The van der Waals surface area contributed by atoms with E-state index in [1.54, 1.807) is 19.1 Å². The second-order valence-electron chi connectivity index (χ2n) is 4.45. The number of anilines is 1. The van der Waals surface area contributed by atoms with Crippen LogP contribution in [-0.2, 0) is 0 Å². The normalized spacial score (nSPS) is 10.6. The number of hydrogen-bond acceptors (Lipinski definition) is 4. The molecule has 0 N–H and O–H groups in total. The summed E-state index contributed by atoms with van der Waals surface area (Å²) in [7, 11) is 6.04. The zero-order valence-corrected chi connectivity index (χ0v) is 10.8. The summed E-state index contributed by atoms with van der Waals surface area (Å²) in [5.41, 5.74) is 1.88. The van der Waals surface area contributed by atoms with Gasteiger partial charge in [0, 0.05) is 37.5 Å². The van der Waals surface area contributed by atoms with Crippen LogP contribution in [0.2, 0.25) is 0 Å². The number of nitrogens with zero attached hydrogens (tertiary/aromatic N) is 3. The Morgan fingerprint density at radius 2 is 1.88 bits per heavy atom. The van der Waals surface area contributed by atoms with Crippen LogP contribution >= 0.6 is 0 Å². The average Bonchev–Trinajstić information content (AvgIpc) is 2.25. The highest BCUT2D eigenvalue weighted by Crippen LogP contribution is 2.23. The van der Waals surface area contributed by atoms with Gasteiger partial charge in [0.15, 0.2) is 0 Å². The number of likely N-dealkylation sites (N-methyl/N-ethyl adjacent to an activating group) is 2. The lowest BCUT2D eigenvalue weighted by Crippen LogP contribution is -2.28. The van der Waals surface area contributed by atoms with E-state index in [1.165, 1.54) is 0 Å². The minimum Gasteiger partial charge on any atom is -0.373 e. The second-order valence-corrected chi connectivity index (χ2v) is 4.45. The van der Waals surface area contributed by atoms with Gasteiger partial charge in [0.1, 0.15) is 0 Å². The van der Waals surface area contributed by atoms with Crippen LogP contribution in [0.1, 0.15) is 5.56 Å². The van der Waals surface area contributed by atoms with E-state index >= 15 is 0 Å². The standard InChI is InChI=1S/C12H19N3O2/c1-10-9-11(5-6-12(10)15(16)17)14(4)8-7-13(2)3/h5-6,9H,7-8H2,1-4H3. The maximum absolute atomic E-state index is 10.7. The van der Waals surface area contributed by atoms with Gasteiger partial charge in [-0.1, -0.05) is 0 Å². The lowest BCUT2D eigenvalue weighted by Gasteiger charge is -2.21. The molecule has 5 nitrogen and oxygen atoms in total. The summed E-state index contributed by atoms with van der Waals surface area (Å²) in [5, 5.41) is 10.7.